The third-order valence-corrected chi connectivity index (χ3v) is 1.98. The summed E-state index contributed by atoms with van der Waals surface area (Å²) >= 11 is 0. The Kier molecular flexibility index (Phi) is 3.71. The van der Waals surface area contributed by atoms with E-state index in [4.69, 9.17) is 9.84 Å². The van der Waals surface area contributed by atoms with Crippen molar-refractivity contribution in [1.82, 2.24) is 0 Å². The summed E-state index contributed by atoms with van der Waals surface area (Å²) < 4.78 is 4.82. The molecule has 0 saturated carbocycles. The maximum atomic E-state index is 11.3. The number of allylic oxidation sites excluding steroid dienone is 3. The molecule has 1 aliphatic carbocycles. The van der Waals surface area contributed by atoms with E-state index in [-0.39, 0.29) is 19.2 Å². The summed E-state index contributed by atoms with van der Waals surface area (Å²) in [6.45, 7) is 1.86. The summed E-state index contributed by atoms with van der Waals surface area (Å²) in [4.78, 5) is 11.3. The molecule has 0 saturated heterocycles. The van der Waals surface area contributed by atoms with E-state index in [9.17, 15) is 4.79 Å². The van der Waals surface area contributed by atoms with Crippen molar-refractivity contribution >= 4 is 5.97 Å². The van der Waals surface area contributed by atoms with E-state index < -0.39 is 0 Å². The van der Waals surface area contributed by atoms with Gasteiger partial charge in [0.1, 0.15) is 6.61 Å². The van der Waals surface area contributed by atoms with Gasteiger partial charge in [-0.05, 0) is 25.3 Å². The first-order valence-corrected chi connectivity index (χ1v) is 4.40. The molecule has 3 nitrogen and oxygen atoms in total. The fraction of sp³-hybridized carbons (Fsp3) is 0.500. The Hall–Kier alpha value is -1.09. The molecule has 0 amide bonds. The lowest BCUT2D eigenvalue weighted by Crippen LogP contribution is -2.13. The Labute approximate surface area is 77.7 Å². The third kappa shape index (κ3) is 2.70. The van der Waals surface area contributed by atoms with Crippen LogP contribution in [-0.2, 0) is 9.53 Å². The highest BCUT2D eigenvalue weighted by Gasteiger charge is 2.14. The van der Waals surface area contributed by atoms with Crippen LogP contribution in [0, 0.1) is 0 Å². The van der Waals surface area contributed by atoms with Gasteiger partial charge in [0.15, 0.2) is 0 Å². The quantitative estimate of drug-likeness (QED) is 0.667. The van der Waals surface area contributed by atoms with E-state index >= 15 is 0 Å². The van der Waals surface area contributed by atoms with E-state index in [1.807, 2.05) is 19.1 Å². The van der Waals surface area contributed by atoms with Crippen molar-refractivity contribution in [2.45, 2.75) is 19.8 Å². The fourth-order valence-electron chi connectivity index (χ4n) is 1.27. The Bertz CT molecular complexity index is 251. The minimum Gasteiger partial charge on any atom is -0.460 e. The minimum atomic E-state index is -0.295. The van der Waals surface area contributed by atoms with Crippen molar-refractivity contribution in [3.05, 3.63) is 23.3 Å². The monoisotopic (exact) mass is 182 g/mol. The summed E-state index contributed by atoms with van der Waals surface area (Å²) in [5.41, 5.74) is 1.70. The van der Waals surface area contributed by atoms with Gasteiger partial charge in [-0.3, -0.25) is 0 Å². The first-order chi connectivity index (χ1) is 6.25. The van der Waals surface area contributed by atoms with E-state index in [0.717, 1.165) is 24.0 Å². The molecule has 13 heavy (non-hydrogen) atoms. The highest BCUT2D eigenvalue weighted by molar-refractivity contribution is 5.90. The van der Waals surface area contributed by atoms with Gasteiger partial charge in [-0.1, -0.05) is 12.2 Å². The van der Waals surface area contributed by atoms with Crippen molar-refractivity contribution in [2.24, 2.45) is 0 Å². The van der Waals surface area contributed by atoms with Crippen molar-refractivity contribution < 1.29 is 14.6 Å². The van der Waals surface area contributed by atoms with Crippen molar-refractivity contribution in [3.8, 4) is 0 Å². The molecule has 0 aromatic rings. The minimum absolute atomic E-state index is 0.0827. The summed E-state index contributed by atoms with van der Waals surface area (Å²) in [6, 6.07) is 0. The first-order valence-electron chi connectivity index (χ1n) is 4.40. The molecule has 3 heteroatoms. The van der Waals surface area contributed by atoms with Crippen LogP contribution in [0.25, 0.3) is 0 Å². The van der Waals surface area contributed by atoms with Gasteiger partial charge in [0.05, 0.1) is 6.61 Å². The van der Waals surface area contributed by atoms with Crippen LogP contribution in [0.3, 0.4) is 0 Å². The molecule has 1 aliphatic rings. The molecule has 1 N–H and O–H groups in total. The summed E-state index contributed by atoms with van der Waals surface area (Å²) in [5, 5.41) is 8.47. The van der Waals surface area contributed by atoms with Crippen molar-refractivity contribution in [1.29, 1.82) is 0 Å². The van der Waals surface area contributed by atoms with Gasteiger partial charge in [-0.15, -0.1) is 0 Å². The van der Waals surface area contributed by atoms with Gasteiger partial charge < -0.3 is 9.84 Å². The topological polar surface area (TPSA) is 46.5 Å². The second-order valence-electron chi connectivity index (χ2n) is 2.96. The molecule has 0 spiro atoms. The van der Waals surface area contributed by atoms with Crippen LogP contribution in [0.15, 0.2) is 23.3 Å². The fourth-order valence-corrected chi connectivity index (χ4v) is 1.27. The standard InChI is InChI=1S/C10H14O3/c1-8-4-2-3-5-9(8)10(12)13-7-6-11/h2,4,11H,3,5-7H2,1H3. The smallest absolute Gasteiger partial charge is 0.334 e. The summed E-state index contributed by atoms with van der Waals surface area (Å²) in [7, 11) is 0. The summed E-state index contributed by atoms with van der Waals surface area (Å²) in [5.74, 6) is -0.295. The Morgan fingerprint density at radius 2 is 2.46 bits per heavy atom. The number of aliphatic hydroxyl groups excluding tert-OH is 1. The number of rotatable bonds is 3. The number of carbonyl (C=O) groups excluding carboxylic acids is 1. The van der Waals surface area contributed by atoms with Crippen molar-refractivity contribution in [2.75, 3.05) is 13.2 Å². The normalized spacial score (nSPS) is 16.2. The lowest BCUT2D eigenvalue weighted by molar-refractivity contribution is -0.140. The van der Waals surface area contributed by atoms with Gasteiger partial charge in [0.25, 0.3) is 0 Å². The third-order valence-electron chi connectivity index (χ3n) is 1.98. The molecule has 1 rings (SSSR count). The molecule has 0 atom stereocenters. The number of esters is 1. The number of hydrogen-bond donors (Lipinski definition) is 1. The number of ether oxygens (including phenoxy) is 1. The lowest BCUT2D eigenvalue weighted by atomic mass is 9.99. The first kappa shape index (κ1) is 9.99. The Balaban J connectivity index is 2.59. The molecule has 0 aromatic carbocycles. The van der Waals surface area contributed by atoms with E-state index in [1.54, 1.807) is 0 Å². The van der Waals surface area contributed by atoms with Crippen molar-refractivity contribution in [3.63, 3.8) is 0 Å². The lowest BCUT2D eigenvalue weighted by Gasteiger charge is -2.11. The highest BCUT2D eigenvalue weighted by Crippen LogP contribution is 2.19. The molecule has 0 heterocycles. The number of carbonyl (C=O) groups is 1. The second kappa shape index (κ2) is 4.82. The highest BCUT2D eigenvalue weighted by atomic mass is 16.5. The molecular formula is C10H14O3. The van der Waals surface area contributed by atoms with E-state index in [0.29, 0.717) is 0 Å². The predicted octanol–water partition coefficient (Wildman–Crippen LogP) is 1.19. The number of hydrogen-bond acceptors (Lipinski definition) is 3. The van der Waals surface area contributed by atoms with Gasteiger partial charge in [0.2, 0.25) is 0 Å². The van der Waals surface area contributed by atoms with E-state index in [2.05, 4.69) is 0 Å². The summed E-state index contributed by atoms with van der Waals surface area (Å²) in [6.07, 6.45) is 5.60. The van der Waals surface area contributed by atoms with Crippen LogP contribution in [-0.4, -0.2) is 24.3 Å². The van der Waals surface area contributed by atoms with Gasteiger partial charge in [-0.25, -0.2) is 4.79 Å². The zero-order valence-corrected chi connectivity index (χ0v) is 7.75. The predicted molar refractivity (Wildman–Crippen MR) is 49.1 cm³/mol. The maximum absolute atomic E-state index is 11.3. The zero-order valence-electron chi connectivity index (χ0n) is 7.75. The van der Waals surface area contributed by atoms with Crippen LogP contribution in [0.2, 0.25) is 0 Å². The largest absolute Gasteiger partial charge is 0.460 e. The molecule has 0 radical (unpaired) electrons. The Morgan fingerprint density at radius 3 is 3.08 bits per heavy atom. The van der Waals surface area contributed by atoms with E-state index in [1.165, 1.54) is 0 Å². The molecule has 0 unspecified atom stereocenters. The van der Waals surface area contributed by atoms with Crippen LogP contribution >= 0.6 is 0 Å². The van der Waals surface area contributed by atoms with Crippen LogP contribution in [0.1, 0.15) is 19.8 Å². The molecule has 0 aliphatic heterocycles. The SMILES string of the molecule is CC1=C(C(=O)OCCO)CCC=C1. The van der Waals surface area contributed by atoms with Gasteiger partial charge in [-0.2, -0.15) is 0 Å². The molecule has 0 aromatic heterocycles. The zero-order chi connectivity index (χ0) is 9.68. The van der Waals surface area contributed by atoms with Gasteiger partial charge >= 0.3 is 5.97 Å². The average molecular weight is 182 g/mol. The second-order valence-corrected chi connectivity index (χ2v) is 2.96. The number of aliphatic hydroxyl groups is 1. The molecule has 0 fully saturated rings. The van der Waals surface area contributed by atoms with Crippen LogP contribution < -0.4 is 0 Å². The van der Waals surface area contributed by atoms with Crippen LogP contribution in [0.4, 0.5) is 0 Å². The molecule has 72 valence electrons. The Morgan fingerprint density at radius 1 is 1.69 bits per heavy atom. The van der Waals surface area contributed by atoms with Crippen LogP contribution in [0.5, 0.6) is 0 Å². The van der Waals surface area contributed by atoms with Gasteiger partial charge in [0, 0.05) is 5.57 Å². The molecular weight excluding hydrogens is 168 g/mol. The maximum Gasteiger partial charge on any atom is 0.334 e. The molecule has 0 bridgehead atoms. The average Bonchev–Trinajstić information content (AvgIpc) is 2.15.